The van der Waals surface area contributed by atoms with Gasteiger partial charge in [0.2, 0.25) is 5.91 Å². The third-order valence-electron chi connectivity index (χ3n) is 3.91. The molecule has 0 saturated heterocycles. The van der Waals surface area contributed by atoms with Crippen molar-refractivity contribution in [2.75, 3.05) is 6.54 Å². The van der Waals surface area contributed by atoms with E-state index in [0.29, 0.717) is 11.3 Å². The standard InChI is InChI=1S/C20H18N2O4S/c23-20(11-10-17-7-5-13-26-17)22-15-19(16-6-4-12-21-14-16)27(24,25)18-8-2-1-3-9-18/h1-14,19H,15H2,(H,22,23)/b11-10+. The highest BCUT2D eigenvalue weighted by Gasteiger charge is 2.29. The molecular weight excluding hydrogens is 364 g/mol. The first-order valence-corrected chi connectivity index (χ1v) is 9.80. The lowest BCUT2D eigenvalue weighted by Crippen LogP contribution is -2.30. The molecule has 2 heterocycles. The molecule has 0 radical (unpaired) electrons. The van der Waals surface area contributed by atoms with Gasteiger partial charge in [0.1, 0.15) is 11.0 Å². The number of amides is 1. The maximum atomic E-state index is 13.1. The molecule has 1 unspecified atom stereocenters. The van der Waals surface area contributed by atoms with Gasteiger partial charge in [0.05, 0.1) is 11.2 Å². The van der Waals surface area contributed by atoms with E-state index in [-0.39, 0.29) is 11.4 Å². The van der Waals surface area contributed by atoms with E-state index in [2.05, 4.69) is 10.3 Å². The number of furan rings is 1. The number of sulfone groups is 1. The smallest absolute Gasteiger partial charge is 0.244 e. The van der Waals surface area contributed by atoms with Crippen LogP contribution in [0.15, 0.2) is 88.6 Å². The van der Waals surface area contributed by atoms with Crippen LogP contribution < -0.4 is 5.32 Å². The number of hydrogen-bond acceptors (Lipinski definition) is 5. The average Bonchev–Trinajstić information content (AvgIpc) is 3.21. The zero-order valence-corrected chi connectivity index (χ0v) is 15.2. The van der Waals surface area contributed by atoms with Crippen LogP contribution in [0.3, 0.4) is 0 Å². The van der Waals surface area contributed by atoms with Crippen molar-refractivity contribution in [3.63, 3.8) is 0 Å². The minimum Gasteiger partial charge on any atom is -0.465 e. The van der Waals surface area contributed by atoms with Gasteiger partial charge in [-0.1, -0.05) is 24.3 Å². The predicted octanol–water partition coefficient (Wildman–Crippen LogP) is 3.02. The fourth-order valence-corrected chi connectivity index (χ4v) is 4.21. The van der Waals surface area contributed by atoms with Crippen molar-refractivity contribution in [1.29, 1.82) is 0 Å². The molecule has 7 heteroatoms. The molecule has 27 heavy (non-hydrogen) atoms. The molecule has 1 amide bonds. The average molecular weight is 382 g/mol. The van der Waals surface area contributed by atoms with Gasteiger partial charge in [0, 0.05) is 25.0 Å². The molecule has 1 N–H and O–H groups in total. The Hall–Kier alpha value is -3.19. The number of aromatic nitrogens is 1. The molecule has 0 aliphatic heterocycles. The SMILES string of the molecule is O=C(/C=C/c1ccco1)NCC(c1cccnc1)S(=O)(=O)c1ccccc1. The van der Waals surface area contributed by atoms with Gasteiger partial charge in [-0.3, -0.25) is 9.78 Å². The predicted molar refractivity (Wildman–Crippen MR) is 101 cm³/mol. The van der Waals surface area contributed by atoms with Crippen molar-refractivity contribution in [1.82, 2.24) is 10.3 Å². The van der Waals surface area contributed by atoms with E-state index in [9.17, 15) is 13.2 Å². The molecular formula is C20H18N2O4S. The molecule has 0 aliphatic carbocycles. The summed E-state index contributed by atoms with van der Waals surface area (Å²) in [6.45, 7) is -0.0791. The summed E-state index contributed by atoms with van der Waals surface area (Å²) in [5, 5.41) is 1.70. The van der Waals surface area contributed by atoms with Gasteiger partial charge in [0.15, 0.2) is 9.84 Å². The van der Waals surface area contributed by atoms with Crippen LogP contribution >= 0.6 is 0 Å². The summed E-state index contributed by atoms with van der Waals surface area (Å²) in [7, 11) is -3.71. The summed E-state index contributed by atoms with van der Waals surface area (Å²) >= 11 is 0. The monoisotopic (exact) mass is 382 g/mol. The Balaban J connectivity index is 1.80. The molecule has 1 aromatic carbocycles. The number of rotatable bonds is 7. The number of pyridine rings is 1. The fourth-order valence-electron chi connectivity index (χ4n) is 2.54. The van der Waals surface area contributed by atoms with Gasteiger partial charge >= 0.3 is 0 Å². The summed E-state index contributed by atoms with van der Waals surface area (Å²) in [6, 6.07) is 14.9. The molecule has 0 bridgehead atoms. The van der Waals surface area contributed by atoms with E-state index in [4.69, 9.17) is 4.42 Å². The molecule has 0 aliphatic rings. The second-order valence-electron chi connectivity index (χ2n) is 5.73. The number of carbonyl (C=O) groups is 1. The van der Waals surface area contributed by atoms with Crippen LogP contribution in [0.1, 0.15) is 16.6 Å². The number of nitrogens with one attached hydrogen (secondary N) is 1. The summed E-state index contributed by atoms with van der Waals surface area (Å²) in [6.07, 6.45) is 7.38. The lowest BCUT2D eigenvalue weighted by atomic mass is 10.2. The van der Waals surface area contributed by atoms with Crippen LogP contribution in [0, 0.1) is 0 Å². The fraction of sp³-hybridized carbons (Fsp3) is 0.100. The molecule has 2 aromatic heterocycles. The van der Waals surface area contributed by atoms with Crippen LogP contribution in [0.25, 0.3) is 6.08 Å². The van der Waals surface area contributed by atoms with Gasteiger partial charge in [-0.05, 0) is 42.0 Å². The van der Waals surface area contributed by atoms with Crippen LogP contribution in [0.4, 0.5) is 0 Å². The minimum atomic E-state index is -3.71. The molecule has 3 rings (SSSR count). The van der Waals surface area contributed by atoms with Crippen molar-refractivity contribution in [2.24, 2.45) is 0 Å². The van der Waals surface area contributed by atoms with Crippen LogP contribution in [0.5, 0.6) is 0 Å². The van der Waals surface area contributed by atoms with Crippen molar-refractivity contribution in [2.45, 2.75) is 10.1 Å². The van der Waals surface area contributed by atoms with Crippen molar-refractivity contribution in [3.05, 3.63) is 90.7 Å². The Labute approximate surface area is 157 Å². The van der Waals surface area contributed by atoms with E-state index in [1.807, 2.05) is 0 Å². The first kappa shape index (κ1) is 18.6. The van der Waals surface area contributed by atoms with Crippen LogP contribution in [-0.4, -0.2) is 25.9 Å². The summed E-state index contributed by atoms with van der Waals surface area (Å²) in [5.74, 6) is 0.120. The van der Waals surface area contributed by atoms with Gasteiger partial charge in [-0.15, -0.1) is 0 Å². The number of carbonyl (C=O) groups excluding carboxylic acids is 1. The Bertz CT molecular complexity index is 999. The molecule has 0 saturated carbocycles. The Morgan fingerprint density at radius 3 is 2.59 bits per heavy atom. The quantitative estimate of drug-likeness (QED) is 0.635. The maximum Gasteiger partial charge on any atom is 0.244 e. The molecule has 6 nitrogen and oxygen atoms in total. The lowest BCUT2D eigenvalue weighted by molar-refractivity contribution is -0.116. The summed E-state index contributed by atoms with van der Waals surface area (Å²) in [5.41, 5.74) is 0.511. The molecule has 0 fully saturated rings. The molecule has 1 atom stereocenters. The molecule has 0 spiro atoms. The van der Waals surface area contributed by atoms with Crippen molar-refractivity contribution < 1.29 is 17.6 Å². The number of nitrogens with zero attached hydrogens (tertiary/aromatic N) is 1. The van der Waals surface area contributed by atoms with Crippen molar-refractivity contribution in [3.8, 4) is 0 Å². The van der Waals surface area contributed by atoms with Gasteiger partial charge in [-0.2, -0.15) is 0 Å². The number of benzene rings is 1. The second-order valence-corrected chi connectivity index (χ2v) is 7.86. The molecule has 138 valence electrons. The third-order valence-corrected chi connectivity index (χ3v) is 6.02. The van der Waals surface area contributed by atoms with E-state index in [1.165, 1.54) is 36.7 Å². The van der Waals surface area contributed by atoms with Gasteiger partial charge in [-0.25, -0.2) is 8.42 Å². The van der Waals surface area contributed by atoms with Crippen LogP contribution in [0.2, 0.25) is 0 Å². The lowest BCUT2D eigenvalue weighted by Gasteiger charge is -2.18. The van der Waals surface area contributed by atoms with E-state index < -0.39 is 21.0 Å². The van der Waals surface area contributed by atoms with Crippen LogP contribution in [-0.2, 0) is 14.6 Å². The summed E-state index contributed by atoms with van der Waals surface area (Å²) < 4.78 is 31.3. The highest BCUT2D eigenvalue weighted by Crippen LogP contribution is 2.27. The zero-order valence-electron chi connectivity index (χ0n) is 14.4. The Kier molecular flexibility index (Phi) is 5.83. The second kappa shape index (κ2) is 8.46. The highest BCUT2D eigenvalue weighted by molar-refractivity contribution is 7.91. The van der Waals surface area contributed by atoms with Crippen molar-refractivity contribution >= 4 is 21.8 Å². The van der Waals surface area contributed by atoms with Gasteiger partial charge < -0.3 is 9.73 Å². The first-order chi connectivity index (χ1) is 13.1. The zero-order chi connectivity index (χ0) is 19.1. The van der Waals surface area contributed by atoms with E-state index >= 15 is 0 Å². The summed E-state index contributed by atoms with van der Waals surface area (Å²) in [4.78, 5) is 16.3. The normalized spacial score (nSPS) is 12.7. The van der Waals surface area contributed by atoms with Gasteiger partial charge in [0.25, 0.3) is 0 Å². The maximum absolute atomic E-state index is 13.1. The Morgan fingerprint density at radius 2 is 1.93 bits per heavy atom. The Morgan fingerprint density at radius 1 is 1.11 bits per heavy atom. The third kappa shape index (κ3) is 4.71. The molecule has 3 aromatic rings. The topological polar surface area (TPSA) is 89.3 Å². The van der Waals surface area contributed by atoms with E-state index in [0.717, 1.165) is 0 Å². The largest absolute Gasteiger partial charge is 0.465 e. The highest BCUT2D eigenvalue weighted by atomic mass is 32.2. The first-order valence-electron chi connectivity index (χ1n) is 8.25. The van der Waals surface area contributed by atoms with E-state index in [1.54, 1.807) is 48.7 Å². The minimum absolute atomic E-state index is 0.0791. The number of hydrogen-bond donors (Lipinski definition) is 1.